The van der Waals surface area contributed by atoms with E-state index in [1.54, 1.807) is 11.3 Å². The number of thiophene rings is 1. The molecule has 148 valence electrons. The second-order valence-corrected chi connectivity index (χ2v) is 9.36. The van der Waals surface area contributed by atoms with Gasteiger partial charge in [-0.2, -0.15) is 11.3 Å². The van der Waals surface area contributed by atoms with Crippen LogP contribution in [0.3, 0.4) is 0 Å². The highest BCUT2D eigenvalue weighted by Crippen LogP contribution is 2.39. The summed E-state index contributed by atoms with van der Waals surface area (Å²) < 4.78 is 0. The van der Waals surface area contributed by atoms with E-state index in [0.717, 1.165) is 24.8 Å². The fraction of sp³-hybridized carbons (Fsp3) is 0.478. The van der Waals surface area contributed by atoms with Crippen molar-refractivity contribution >= 4 is 23.2 Å². The Kier molecular flexibility index (Phi) is 5.28. The van der Waals surface area contributed by atoms with E-state index in [2.05, 4.69) is 46.4 Å². The van der Waals surface area contributed by atoms with Gasteiger partial charge in [0.25, 0.3) is 0 Å². The monoisotopic (exact) mass is 396 g/mol. The number of carbonyl (C=O) groups excluding carboxylic acids is 2. The molecule has 4 nitrogen and oxygen atoms in total. The van der Waals surface area contributed by atoms with Crippen molar-refractivity contribution in [2.24, 2.45) is 11.3 Å². The number of carbonyl (C=O) groups is 2. The first-order valence-electron chi connectivity index (χ1n) is 10.2. The molecule has 1 saturated carbocycles. The highest BCUT2D eigenvalue weighted by molar-refractivity contribution is 7.08. The molecule has 2 amide bonds. The van der Waals surface area contributed by atoms with Gasteiger partial charge < -0.3 is 10.2 Å². The van der Waals surface area contributed by atoms with E-state index in [1.807, 2.05) is 18.7 Å². The Morgan fingerprint density at radius 1 is 1.18 bits per heavy atom. The third-order valence-corrected chi connectivity index (χ3v) is 6.53. The second kappa shape index (κ2) is 7.70. The van der Waals surface area contributed by atoms with Gasteiger partial charge in [0.1, 0.15) is 0 Å². The maximum Gasteiger partial charge on any atom is 0.228 e. The molecule has 2 aliphatic rings. The first kappa shape index (κ1) is 19.2. The van der Waals surface area contributed by atoms with Crippen molar-refractivity contribution in [1.82, 2.24) is 10.2 Å². The van der Waals surface area contributed by atoms with Crippen molar-refractivity contribution in [3.63, 3.8) is 0 Å². The van der Waals surface area contributed by atoms with Crippen molar-refractivity contribution in [2.45, 2.75) is 45.6 Å². The fourth-order valence-electron chi connectivity index (χ4n) is 4.11. The van der Waals surface area contributed by atoms with Crippen molar-refractivity contribution in [3.8, 4) is 11.1 Å². The van der Waals surface area contributed by atoms with Crippen molar-refractivity contribution in [3.05, 3.63) is 46.7 Å². The topological polar surface area (TPSA) is 49.4 Å². The molecule has 1 aliphatic carbocycles. The summed E-state index contributed by atoms with van der Waals surface area (Å²) in [7, 11) is 0. The van der Waals surface area contributed by atoms with Gasteiger partial charge in [-0.1, -0.05) is 24.3 Å². The molecule has 28 heavy (non-hydrogen) atoms. The minimum absolute atomic E-state index is 0.0792. The van der Waals surface area contributed by atoms with Gasteiger partial charge in [0.15, 0.2) is 0 Å². The minimum Gasteiger partial charge on any atom is -0.353 e. The lowest BCUT2D eigenvalue weighted by Gasteiger charge is -2.29. The van der Waals surface area contributed by atoms with Gasteiger partial charge in [-0.3, -0.25) is 9.59 Å². The normalized spacial score (nSPS) is 21.9. The lowest BCUT2D eigenvalue weighted by molar-refractivity contribution is -0.134. The quantitative estimate of drug-likeness (QED) is 0.799. The number of hydrogen-bond donors (Lipinski definition) is 1. The number of nitrogens with one attached hydrogen (secondary N) is 1. The molecule has 0 bridgehead atoms. The van der Waals surface area contributed by atoms with Crippen LogP contribution in [0.1, 0.15) is 38.7 Å². The number of hydrogen-bond acceptors (Lipinski definition) is 3. The number of rotatable bonds is 6. The van der Waals surface area contributed by atoms with Gasteiger partial charge >= 0.3 is 0 Å². The van der Waals surface area contributed by atoms with E-state index in [9.17, 15) is 9.59 Å². The van der Waals surface area contributed by atoms with E-state index in [1.165, 1.54) is 11.1 Å². The van der Waals surface area contributed by atoms with Crippen LogP contribution in [0.25, 0.3) is 11.1 Å². The van der Waals surface area contributed by atoms with Crippen LogP contribution in [0.4, 0.5) is 0 Å². The van der Waals surface area contributed by atoms with Gasteiger partial charge in [0.2, 0.25) is 11.8 Å². The van der Waals surface area contributed by atoms with Crippen LogP contribution in [-0.4, -0.2) is 35.8 Å². The largest absolute Gasteiger partial charge is 0.353 e. The van der Waals surface area contributed by atoms with Crippen molar-refractivity contribution in [1.29, 1.82) is 0 Å². The molecular formula is C23H28N2O2S. The first-order chi connectivity index (χ1) is 13.5. The van der Waals surface area contributed by atoms with Gasteiger partial charge in [0.05, 0.1) is 5.41 Å². The van der Waals surface area contributed by atoms with E-state index in [-0.39, 0.29) is 23.8 Å². The molecule has 1 aromatic heterocycles. The summed E-state index contributed by atoms with van der Waals surface area (Å²) in [6.45, 7) is 5.20. The van der Waals surface area contributed by atoms with Crippen molar-refractivity contribution in [2.75, 3.05) is 13.1 Å². The van der Waals surface area contributed by atoms with Crippen LogP contribution >= 0.6 is 11.3 Å². The third-order valence-electron chi connectivity index (χ3n) is 5.84. The van der Waals surface area contributed by atoms with Gasteiger partial charge in [-0.15, -0.1) is 0 Å². The maximum atomic E-state index is 13.1. The molecule has 0 radical (unpaired) electrons. The molecule has 0 spiro atoms. The second-order valence-electron chi connectivity index (χ2n) is 8.58. The molecule has 4 rings (SSSR count). The summed E-state index contributed by atoms with van der Waals surface area (Å²) in [5.74, 6) is 0.524. The molecule has 5 heteroatoms. The predicted molar refractivity (Wildman–Crippen MR) is 113 cm³/mol. The average molecular weight is 397 g/mol. The molecular weight excluding hydrogens is 368 g/mol. The lowest BCUT2D eigenvalue weighted by Crippen LogP contribution is -2.47. The Bertz CT molecular complexity index is 840. The zero-order valence-electron chi connectivity index (χ0n) is 16.6. The van der Waals surface area contributed by atoms with Gasteiger partial charge in [-0.25, -0.2) is 0 Å². The Morgan fingerprint density at radius 2 is 1.93 bits per heavy atom. The van der Waals surface area contributed by atoms with E-state index in [4.69, 9.17) is 0 Å². The summed E-state index contributed by atoms with van der Waals surface area (Å²) in [4.78, 5) is 27.6. The maximum absolute atomic E-state index is 13.1. The molecule has 2 fully saturated rings. The Hall–Kier alpha value is -2.14. The molecule has 1 saturated heterocycles. The van der Waals surface area contributed by atoms with E-state index >= 15 is 0 Å². The summed E-state index contributed by atoms with van der Waals surface area (Å²) in [6, 6.07) is 10.7. The summed E-state index contributed by atoms with van der Waals surface area (Å²) in [6.07, 6.45) is 3.41. The summed E-state index contributed by atoms with van der Waals surface area (Å²) >= 11 is 1.69. The Labute approximate surface area is 170 Å². The standard InChI is InChI=1S/C23H28N2O2S/c1-16(2)24-22(27)23(10-11-25(15-23)21(26)19-7-8-19)13-17-3-5-18(6-4-17)20-9-12-28-14-20/h3-6,9,12,14,16,19H,7-8,10-11,13,15H2,1-2H3,(H,24,27). The lowest BCUT2D eigenvalue weighted by atomic mass is 9.79. The average Bonchev–Trinajstić information content (AvgIpc) is 3.20. The summed E-state index contributed by atoms with van der Waals surface area (Å²) in [5, 5.41) is 7.33. The first-order valence-corrected chi connectivity index (χ1v) is 11.1. The van der Waals surface area contributed by atoms with E-state index < -0.39 is 5.41 Å². The zero-order chi connectivity index (χ0) is 19.7. The van der Waals surface area contributed by atoms with E-state index in [0.29, 0.717) is 19.5 Å². The zero-order valence-corrected chi connectivity index (χ0v) is 17.4. The number of benzene rings is 1. The van der Waals surface area contributed by atoms with Crippen LogP contribution in [0, 0.1) is 11.3 Å². The molecule has 1 aliphatic heterocycles. The number of nitrogens with zero attached hydrogens (tertiary/aromatic N) is 1. The highest BCUT2D eigenvalue weighted by Gasteiger charge is 2.48. The predicted octanol–water partition coefficient (Wildman–Crippen LogP) is 4.11. The number of likely N-dealkylation sites (tertiary alicyclic amines) is 1. The fourth-order valence-corrected chi connectivity index (χ4v) is 4.77. The molecule has 2 aromatic rings. The van der Waals surface area contributed by atoms with Crippen LogP contribution < -0.4 is 5.32 Å². The third kappa shape index (κ3) is 4.00. The minimum atomic E-state index is -0.529. The molecule has 2 heterocycles. The molecule has 1 aromatic carbocycles. The molecule has 1 unspecified atom stereocenters. The molecule has 1 atom stereocenters. The van der Waals surface area contributed by atoms with Crippen LogP contribution in [0.5, 0.6) is 0 Å². The molecule has 1 N–H and O–H groups in total. The van der Waals surface area contributed by atoms with Crippen LogP contribution in [0.15, 0.2) is 41.1 Å². The van der Waals surface area contributed by atoms with Gasteiger partial charge in [-0.05, 0) is 73.0 Å². The Balaban J connectivity index is 1.54. The SMILES string of the molecule is CC(C)NC(=O)C1(Cc2ccc(-c3ccsc3)cc2)CCN(C(=O)C2CC2)C1. The Morgan fingerprint density at radius 3 is 2.54 bits per heavy atom. The van der Waals surface area contributed by atoms with Crippen LogP contribution in [0.2, 0.25) is 0 Å². The van der Waals surface area contributed by atoms with Crippen LogP contribution in [-0.2, 0) is 16.0 Å². The number of amides is 2. The smallest absolute Gasteiger partial charge is 0.228 e. The highest BCUT2D eigenvalue weighted by atomic mass is 32.1. The van der Waals surface area contributed by atoms with Gasteiger partial charge in [0, 0.05) is 25.0 Å². The van der Waals surface area contributed by atoms with Crippen molar-refractivity contribution < 1.29 is 9.59 Å². The summed E-state index contributed by atoms with van der Waals surface area (Å²) in [5.41, 5.74) is 3.05.